The molecule has 1 aliphatic heterocycles. The highest BCUT2D eigenvalue weighted by Gasteiger charge is 2.23. The molecule has 0 radical (unpaired) electrons. The lowest BCUT2D eigenvalue weighted by atomic mass is 10.1. The number of imidazole rings is 1. The zero-order valence-electron chi connectivity index (χ0n) is 15.3. The predicted molar refractivity (Wildman–Crippen MR) is 105 cm³/mol. The molecule has 7 nitrogen and oxygen atoms in total. The van der Waals surface area contributed by atoms with Gasteiger partial charge in [0.05, 0.1) is 37.0 Å². The summed E-state index contributed by atoms with van der Waals surface area (Å²) in [6.07, 6.45) is 3.72. The minimum atomic E-state index is 0.164. The van der Waals surface area contributed by atoms with Gasteiger partial charge in [-0.05, 0) is 31.0 Å². The van der Waals surface area contributed by atoms with E-state index < -0.39 is 0 Å². The van der Waals surface area contributed by atoms with Crippen molar-refractivity contribution in [2.45, 2.75) is 25.4 Å². The Morgan fingerprint density at radius 3 is 2.93 bits per heavy atom. The Bertz CT molecular complexity index is 988. The van der Waals surface area contributed by atoms with Crippen LogP contribution in [0.4, 0.5) is 11.6 Å². The highest BCUT2D eigenvalue weighted by atomic mass is 16.5. The number of benzene rings is 1. The third-order valence-electron chi connectivity index (χ3n) is 4.93. The Labute approximate surface area is 158 Å². The van der Waals surface area contributed by atoms with Crippen LogP contribution >= 0.6 is 0 Å². The number of hydrogen-bond donors (Lipinski definition) is 1. The second kappa shape index (κ2) is 7.25. The van der Waals surface area contributed by atoms with Gasteiger partial charge in [-0.25, -0.2) is 9.83 Å². The number of anilines is 1. The molecule has 0 bridgehead atoms. The van der Waals surface area contributed by atoms with Gasteiger partial charge in [0.15, 0.2) is 0 Å². The normalized spacial score (nSPS) is 17.1. The number of methoxy groups -OCH3 is 1. The molecule has 0 unspecified atom stereocenters. The Balaban J connectivity index is 1.78. The van der Waals surface area contributed by atoms with Gasteiger partial charge >= 0.3 is 0 Å². The first-order chi connectivity index (χ1) is 13.2. The molecular formula is C20H22N6O. The summed E-state index contributed by atoms with van der Waals surface area (Å²) in [7, 11) is 1.66. The number of piperidine rings is 1. The van der Waals surface area contributed by atoms with Gasteiger partial charge in [-0.3, -0.25) is 4.98 Å². The van der Waals surface area contributed by atoms with Gasteiger partial charge in [0.1, 0.15) is 5.75 Å². The van der Waals surface area contributed by atoms with E-state index in [1.807, 2.05) is 24.3 Å². The summed E-state index contributed by atoms with van der Waals surface area (Å²) >= 11 is 0. The molecule has 3 heterocycles. The summed E-state index contributed by atoms with van der Waals surface area (Å²) in [5.74, 6) is 1.70. The van der Waals surface area contributed by atoms with Crippen molar-refractivity contribution >= 4 is 22.7 Å². The van der Waals surface area contributed by atoms with Crippen molar-refractivity contribution in [1.29, 1.82) is 0 Å². The van der Waals surface area contributed by atoms with E-state index in [9.17, 15) is 0 Å². The maximum absolute atomic E-state index is 7.09. The van der Waals surface area contributed by atoms with Gasteiger partial charge in [0, 0.05) is 31.4 Å². The number of aromatic nitrogens is 3. The number of pyridine rings is 1. The lowest BCUT2D eigenvalue weighted by molar-refractivity contribution is 0.415. The van der Waals surface area contributed by atoms with E-state index in [-0.39, 0.29) is 6.04 Å². The highest BCUT2D eigenvalue weighted by molar-refractivity contribution is 5.80. The van der Waals surface area contributed by atoms with Crippen molar-refractivity contribution in [3.05, 3.63) is 53.6 Å². The molecule has 1 saturated heterocycles. The number of nitrogens with zero attached hydrogens (tertiary/aromatic N) is 5. The number of hydrogen-bond acceptors (Lipinski definition) is 5. The molecule has 2 N–H and O–H groups in total. The molecule has 7 heteroatoms. The lowest BCUT2D eigenvalue weighted by Crippen LogP contribution is -2.44. The molecule has 0 spiro atoms. The van der Waals surface area contributed by atoms with Crippen molar-refractivity contribution in [2.24, 2.45) is 5.73 Å². The molecule has 1 aromatic carbocycles. The summed E-state index contributed by atoms with van der Waals surface area (Å²) < 4.78 is 7.57. The second-order valence-electron chi connectivity index (χ2n) is 6.82. The van der Waals surface area contributed by atoms with E-state index in [1.165, 1.54) is 0 Å². The molecule has 27 heavy (non-hydrogen) atoms. The molecule has 138 valence electrons. The van der Waals surface area contributed by atoms with Crippen LogP contribution in [-0.2, 0) is 6.54 Å². The van der Waals surface area contributed by atoms with Crippen molar-refractivity contribution in [3.8, 4) is 5.75 Å². The average molecular weight is 362 g/mol. The van der Waals surface area contributed by atoms with Crippen LogP contribution < -0.4 is 15.4 Å². The van der Waals surface area contributed by atoms with Crippen molar-refractivity contribution in [1.82, 2.24) is 14.5 Å². The van der Waals surface area contributed by atoms with Crippen LogP contribution in [0, 0.1) is 6.57 Å². The molecular weight excluding hydrogens is 340 g/mol. The Kier molecular flexibility index (Phi) is 4.65. The van der Waals surface area contributed by atoms with Crippen molar-refractivity contribution < 1.29 is 4.74 Å². The summed E-state index contributed by atoms with van der Waals surface area (Å²) in [6, 6.07) is 9.76. The van der Waals surface area contributed by atoms with E-state index in [4.69, 9.17) is 22.0 Å². The van der Waals surface area contributed by atoms with Gasteiger partial charge in [-0.2, -0.15) is 0 Å². The van der Waals surface area contributed by atoms with Crippen LogP contribution in [-0.4, -0.2) is 40.8 Å². The maximum Gasteiger partial charge on any atom is 0.206 e. The molecule has 0 saturated carbocycles. The molecule has 4 rings (SSSR count). The molecule has 1 atom stereocenters. The third kappa shape index (κ3) is 3.44. The Hall–Kier alpha value is -3.11. The van der Waals surface area contributed by atoms with Crippen LogP contribution in [0.3, 0.4) is 0 Å². The topological polar surface area (TPSA) is 73.6 Å². The fourth-order valence-electron chi connectivity index (χ4n) is 3.54. The number of nitrogens with two attached hydrogens (primary N) is 1. The Morgan fingerprint density at radius 1 is 1.33 bits per heavy atom. The quantitative estimate of drug-likeness (QED) is 0.723. The van der Waals surface area contributed by atoms with Crippen LogP contribution in [0.2, 0.25) is 0 Å². The van der Waals surface area contributed by atoms with Crippen LogP contribution in [0.1, 0.15) is 18.5 Å². The average Bonchev–Trinajstić information content (AvgIpc) is 3.06. The minimum absolute atomic E-state index is 0.164. The van der Waals surface area contributed by atoms with Crippen LogP contribution in [0.25, 0.3) is 15.9 Å². The number of fused-ring (bicyclic) bond motifs is 1. The molecule has 1 fully saturated rings. The number of rotatable bonds is 4. The summed E-state index contributed by atoms with van der Waals surface area (Å²) in [5.41, 5.74) is 9.54. The molecule has 0 amide bonds. The maximum atomic E-state index is 7.09. The minimum Gasteiger partial charge on any atom is -0.497 e. The molecule has 2 aromatic heterocycles. The van der Waals surface area contributed by atoms with Crippen molar-refractivity contribution in [3.63, 3.8) is 0 Å². The second-order valence-corrected chi connectivity index (χ2v) is 6.82. The van der Waals surface area contributed by atoms with E-state index in [1.54, 1.807) is 19.4 Å². The van der Waals surface area contributed by atoms with Crippen LogP contribution in [0.5, 0.6) is 5.75 Å². The van der Waals surface area contributed by atoms with Gasteiger partial charge in [-0.1, -0.05) is 6.07 Å². The SMILES string of the molecule is [C-]#[N+]c1ccc(Cn2c(N3CCC[C@H](N)C3)nc3ccc(OC)cc32)nc1. The summed E-state index contributed by atoms with van der Waals surface area (Å²) in [5, 5.41) is 0. The van der Waals surface area contributed by atoms with Gasteiger partial charge in [0.2, 0.25) is 11.6 Å². The van der Waals surface area contributed by atoms with E-state index in [0.29, 0.717) is 12.2 Å². The monoisotopic (exact) mass is 362 g/mol. The van der Waals surface area contributed by atoms with E-state index in [2.05, 4.69) is 19.3 Å². The first-order valence-electron chi connectivity index (χ1n) is 9.05. The van der Waals surface area contributed by atoms with E-state index in [0.717, 1.165) is 54.4 Å². The largest absolute Gasteiger partial charge is 0.497 e. The summed E-state index contributed by atoms with van der Waals surface area (Å²) in [6.45, 7) is 9.40. The molecule has 3 aromatic rings. The van der Waals surface area contributed by atoms with Crippen molar-refractivity contribution in [2.75, 3.05) is 25.1 Å². The fourth-order valence-corrected chi connectivity index (χ4v) is 3.54. The van der Waals surface area contributed by atoms with Gasteiger partial charge in [-0.15, -0.1) is 0 Å². The van der Waals surface area contributed by atoms with Gasteiger partial charge in [0.25, 0.3) is 0 Å². The Morgan fingerprint density at radius 2 is 2.22 bits per heavy atom. The first kappa shape index (κ1) is 17.3. The predicted octanol–water partition coefficient (Wildman–Crippen LogP) is 2.97. The van der Waals surface area contributed by atoms with Crippen LogP contribution in [0.15, 0.2) is 36.5 Å². The zero-order chi connectivity index (χ0) is 18.8. The zero-order valence-corrected chi connectivity index (χ0v) is 15.3. The van der Waals surface area contributed by atoms with E-state index >= 15 is 0 Å². The molecule has 1 aliphatic rings. The summed E-state index contributed by atoms with van der Waals surface area (Å²) in [4.78, 5) is 15.0. The fraction of sp³-hybridized carbons (Fsp3) is 0.350. The first-order valence-corrected chi connectivity index (χ1v) is 9.05. The smallest absolute Gasteiger partial charge is 0.206 e. The van der Waals surface area contributed by atoms with Gasteiger partial charge < -0.3 is 19.9 Å². The highest BCUT2D eigenvalue weighted by Crippen LogP contribution is 2.28. The number of ether oxygens (including phenoxy) is 1. The standard InChI is InChI=1S/C20H22N6O/c1-22-15-5-6-16(23-11-15)13-26-19-10-17(27-2)7-8-18(19)24-20(26)25-9-3-4-14(21)12-25/h5-8,10-11,14H,3-4,9,12-13,21H2,2H3/t14-/m0/s1. The molecule has 0 aliphatic carbocycles. The third-order valence-corrected chi connectivity index (χ3v) is 4.93. The lowest BCUT2D eigenvalue weighted by Gasteiger charge is -2.32.